The monoisotopic (exact) mass is 302 g/mol. The van der Waals surface area contributed by atoms with Gasteiger partial charge in [-0.2, -0.15) is 4.31 Å². The Labute approximate surface area is 120 Å². The maximum absolute atomic E-state index is 13.2. The van der Waals surface area contributed by atoms with Crippen molar-refractivity contribution in [1.82, 2.24) is 4.31 Å². The molecule has 6 heteroatoms. The van der Waals surface area contributed by atoms with Crippen LogP contribution < -0.4 is 5.73 Å². The number of nitrogens with two attached hydrogens (primary N) is 1. The van der Waals surface area contributed by atoms with E-state index in [0.29, 0.717) is 26.1 Å². The molecule has 0 aliphatic heterocycles. The van der Waals surface area contributed by atoms with E-state index in [9.17, 15) is 12.8 Å². The second-order valence-electron chi connectivity index (χ2n) is 5.66. The van der Waals surface area contributed by atoms with Crippen LogP contribution in [0.4, 0.5) is 4.39 Å². The Morgan fingerprint density at radius 1 is 1.35 bits per heavy atom. The van der Waals surface area contributed by atoms with Gasteiger partial charge in [0, 0.05) is 13.1 Å². The number of nitrogens with zero attached hydrogens (tertiary/aromatic N) is 1. The number of rotatable bonds is 7. The standard InChI is InChI=1S/C14H23FN2O2S/c1-4-8-17(11-14(2,3)10-16)20(18,19)13-7-5-6-12(15)9-13/h5-7,9H,4,8,10-11,16H2,1-3H3. The third kappa shape index (κ3) is 4.26. The molecule has 1 aromatic carbocycles. The summed E-state index contributed by atoms with van der Waals surface area (Å²) in [7, 11) is -3.69. The number of hydrogen-bond acceptors (Lipinski definition) is 3. The van der Waals surface area contributed by atoms with Gasteiger partial charge in [-0.3, -0.25) is 0 Å². The van der Waals surface area contributed by atoms with Gasteiger partial charge in [0.2, 0.25) is 10.0 Å². The zero-order valence-corrected chi connectivity index (χ0v) is 13.1. The van der Waals surface area contributed by atoms with Gasteiger partial charge in [-0.1, -0.05) is 26.8 Å². The van der Waals surface area contributed by atoms with Crippen LogP contribution in [0.3, 0.4) is 0 Å². The zero-order valence-electron chi connectivity index (χ0n) is 12.3. The second-order valence-corrected chi connectivity index (χ2v) is 7.60. The van der Waals surface area contributed by atoms with Crippen molar-refractivity contribution in [3.63, 3.8) is 0 Å². The van der Waals surface area contributed by atoms with Crippen LogP contribution in [0.2, 0.25) is 0 Å². The molecular formula is C14H23FN2O2S. The predicted octanol–water partition coefficient (Wildman–Crippen LogP) is 2.21. The Morgan fingerprint density at radius 2 is 2.00 bits per heavy atom. The first-order valence-electron chi connectivity index (χ1n) is 6.69. The molecule has 0 unspecified atom stereocenters. The molecule has 2 N–H and O–H groups in total. The second kappa shape index (κ2) is 6.65. The molecule has 0 aliphatic rings. The van der Waals surface area contributed by atoms with Crippen molar-refractivity contribution >= 4 is 10.0 Å². The molecule has 114 valence electrons. The average Bonchev–Trinajstić information content (AvgIpc) is 2.38. The lowest BCUT2D eigenvalue weighted by molar-refractivity contribution is 0.266. The highest BCUT2D eigenvalue weighted by Crippen LogP contribution is 2.22. The fourth-order valence-corrected chi connectivity index (χ4v) is 3.60. The highest BCUT2D eigenvalue weighted by atomic mass is 32.2. The van der Waals surface area contributed by atoms with Gasteiger partial charge in [0.25, 0.3) is 0 Å². The summed E-state index contributed by atoms with van der Waals surface area (Å²) in [5.74, 6) is -0.555. The van der Waals surface area contributed by atoms with Gasteiger partial charge in [0.15, 0.2) is 0 Å². The molecular weight excluding hydrogens is 279 g/mol. The fourth-order valence-electron chi connectivity index (χ4n) is 1.85. The predicted molar refractivity (Wildman–Crippen MR) is 78.3 cm³/mol. The summed E-state index contributed by atoms with van der Waals surface area (Å²) in [6, 6.07) is 5.09. The largest absolute Gasteiger partial charge is 0.330 e. The Hall–Kier alpha value is -0.980. The maximum atomic E-state index is 13.2. The Kier molecular flexibility index (Phi) is 5.68. The highest BCUT2D eigenvalue weighted by molar-refractivity contribution is 7.89. The third-order valence-corrected chi connectivity index (χ3v) is 4.90. The van der Waals surface area contributed by atoms with Crippen molar-refractivity contribution < 1.29 is 12.8 Å². The molecule has 0 heterocycles. The average molecular weight is 302 g/mol. The molecule has 0 aromatic heterocycles. The summed E-state index contributed by atoms with van der Waals surface area (Å²) >= 11 is 0. The van der Waals surface area contributed by atoms with Crippen LogP contribution in [0.25, 0.3) is 0 Å². The summed E-state index contributed by atoms with van der Waals surface area (Å²) < 4.78 is 39.8. The molecule has 1 rings (SSSR count). The Balaban J connectivity index is 3.12. The lowest BCUT2D eigenvalue weighted by Crippen LogP contribution is -2.42. The number of hydrogen-bond donors (Lipinski definition) is 1. The molecule has 0 radical (unpaired) electrons. The van der Waals surface area contributed by atoms with Crippen LogP contribution in [0.5, 0.6) is 0 Å². The molecule has 20 heavy (non-hydrogen) atoms. The summed E-state index contributed by atoms with van der Waals surface area (Å²) in [4.78, 5) is -0.0150. The minimum Gasteiger partial charge on any atom is -0.330 e. The Morgan fingerprint density at radius 3 is 2.50 bits per heavy atom. The minimum atomic E-state index is -3.69. The molecule has 0 amide bonds. The molecule has 0 fully saturated rings. The van der Waals surface area contributed by atoms with Gasteiger partial charge in [0.05, 0.1) is 4.90 Å². The van der Waals surface area contributed by atoms with E-state index in [4.69, 9.17) is 5.73 Å². The van der Waals surface area contributed by atoms with E-state index in [-0.39, 0.29) is 10.3 Å². The van der Waals surface area contributed by atoms with Gasteiger partial charge in [0.1, 0.15) is 5.82 Å². The highest BCUT2D eigenvalue weighted by Gasteiger charge is 2.29. The van der Waals surface area contributed by atoms with Crippen molar-refractivity contribution in [2.45, 2.75) is 32.1 Å². The van der Waals surface area contributed by atoms with Gasteiger partial charge in [-0.15, -0.1) is 0 Å². The van der Waals surface area contributed by atoms with E-state index in [1.807, 2.05) is 20.8 Å². The van der Waals surface area contributed by atoms with Crippen LogP contribution in [-0.2, 0) is 10.0 Å². The SMILES string of the molecule is CCCN(CC(C)(C)CN)S(=O)(=O)c1cccc(F)c1. The van der Waals surface area contributed by atoms with Gasteiger partial charge >= 0.3 is 0 Å². The van der Waals surface area contributed by atoms with E-state index >= 15 is 0 Å². The third-order valence-electron chi connectivity index (χ3n) is 3.06. The van der Waals surface area contributed by atoms with Crippen molar-refractivity contribution in [2.24, 2.45) is 11.1 Å². The van der Waals surface area contributed by atoms with E-state index in [1.165, 1.54) is 22.5 Å². The number of sulfonamides is 1. The summed E-state index contributed by atoms with van der Waals surface area (Å²) in [6.45, 7) is 6.82. The van der Waals surface area contributed by atoms with Gasteiger partial charge in [-0.25, -0.2) is 12.8 Å². The molecule has 0 saturated heterocycles. The lowest BCUT2D eigenvalue weighted by atomic mass is 9.94. The first-order chi connectivity index (χ1) is 9.23. The summed E-state index contributed by atoms with van der Waals surface area (Å²) in [5, 5.41) is 0. The molecule has 0 atom stereocenters. The van der Waals surface area contributed by atoms with Crippen LogP contribution in [0.15, 0.2) is 29.2 Å². The van der Waals surface area contributed by atoms with E-state index in [0.717, 1.165) is 6.07 Å². The summed E-state index contributed by atoms with van der Waals surface area (Å²) in [5.41, 5.74) is 5.35. The minimum absolute atomic E-state index is 0.0150. The van der Waals surface area contributed by atoms with Crippen LogP contribution >= 0.6 is 0 Å². The Bertz CT molecular complexity index is 544. The van der Waals surface area contributed by atoms with E-state index in [2.05, 4.69) is 0 Å². The topological polar surface area (TPSA) is 63.4 Å². The zero-order chi connectivity index (χ0) is 15.4. The fraction of sp³-hybridized carbons (Fsp3) is 0.571. The van der Waals surface area contributed by atoms with Gasteiger partial charge in [-0.05, 0) is 36.6 Å². The molecule has 0 aliphatic carbocycles. The molecule has 0 saturated carbocycles. The lowest BCUT2D eigenvalue weighted by Gasteiger charge is -2.31. The molecule has 0 spiro atoms. The van der Waals surface area contributed by atoms with E-state index < -0.39 is 15.8 Å². The quantitative estimate of drug-likeness (QED) is 0.840. The normalized spacial score (nSPS) is 12.9. The number of benzene rings is 1. The van der Waals surface area contributed by atoms with Crippen molar-refractivity contribution in [3.8, 4) is 0 Å². The number of halogens is 1. The molecule has 4 nitrogen and oxygen atoms in total. The van der Waals surface area contributed by atoms with Crippen molar-refractivity contribution in [3.05, 3.63) is 30.1 Å². The first-order valence-corrected chi connectivity index (χ1v) is 8.13. The smallest absolute Gasteiger partial charge is 0.243 e. The maximum Gasteiger partial charge on any atom is 0.243 e. The van der Waals surface area contributed by atoms with Crippen LogP contribution in [0, 0.1) is 11.2 Å². The van der Waals surface area contributed by atoms with Gasteiger partial charge < -0.3 is 5.73 Å². The van der Waals surface area contributed by atoms with Crippen molar-refractivity contribution in [1.29, 1.82) is 0 Å². The van der Waals surface area contributed by atoms with E-state index in [1.54, 1.807) is 0 Å². The molecule has 1 aromatic rings. The van der Waals surface area contributed by atoms with Crippen LogP contribution in [0.1, 0.15) is 27.2 Å². The van der Waals surface area contributed by atoms with Crippen LogP contribution in [-0.4, -0.2) is 32.4 Å². The first kappa shape index (κ1) is 17.1. The van der Waals surface area contributed by atoms with Crippen molar-refractivity contribution in [2.75, 3.05) is 19.6 Å². The summed E-state index contributed by atoms with van der Waals surface area (Å²) in [6.07, 6.45) is 0.690. The molecule has 0 bridgehead atoms.